The highest BCUT2D eigenvalue weighted by molar-refractivity contribution is 6.06. The van der Waals surface area contributed by atoms with Gasteiger partial charge in [0.25, 0.3) is 5.91 Å². The summed E-state index contributed by atoms with van der Waals surface area (Å²) in [6.45, 7) is 6.45. The second kappa shape index (κ2) is 7.72. The summed E-state index contributed by atoms with van der Waals surface area (Å²) in [5.74, 6) is -0.377. The predicted octanol–water partition coefficient (Wildman–Crippen LogP) is 2.92. The van der Waals surface area contributed by atoms with Gasteiger partial charge >= 0.3 is 5.97 Å². The molecule has 0 unspecified atom stereocenters. The number of amides is 1. The van der Waals surface area contributed by atoms with Gasteiger partial charge in [-0.15, -0.1) is 0 Å². The summed E-state index contributed by atoms with van der Waals surface area (Å²) in [5, 5.41) is 3.71. The number of carbonyl (C=O) groups excluding carboxylic acids is 2. The molecule has 0 bridgehead atoms. The fourth-order valence-corrected chi connectivity index (χ4v) is 2.42. The molecule has 1 aromatic carbocycles. The van der Waals surface area contributed by atoms with Crippen LogP contribution in [0.15, 0.2) is 24.3 Å². The van der Waals surface area contributed by atoms with Crippen LogP contribution < -0.4 is 5.32 Å². The molecule has 1 aromatic heterocycles. The van der Waals surface area contributed by atoms with Crippen LogP contribution in [-0.2, 0) is 9.53 Å². The van der Waals surface area contributed by atoms with Crippen molar-refractivity contribution >= 4 is 22.8 Å². The van der Waals surface area contributed by atoms with E-state index in [9.17, 15) is 9.59 Å². The van der Waals surface area contributed by atoms with Gasteiger partial charge in [0.1, 0.15) is 0 Å². The minimum atomic E-state index is -0.234. The van der Waals surface area contributed by atoms with Crippen LogP contribution in [0.4, 0.5) is 0 Å². The van der Waals surface area contributed by atoms with Crippen molar-refractivity contribution in [2.24, 2.45) is 0 Å². The average molecular weight is 314 g/mol. The van der Waals surface area contributed by atoms with Crippen molar-refractivity contribution in [3.8, 4) is 0 Å². The maximum Gasteiger partial charge on any atom is 0.305 e. The fourth-order valence-electron chi connectivity index (χ4n) is 2.42. The van der Waals surface area contributed by atoms with Crippen molar-refractivity contribution in [2.75, 3.05) is 13.2 Å². The van der Waals surface area contributed by atoms with E-state index in [1.54, 1.807) is 13.0 Å². The number of ether oxygens (including phenoxy) is 1. The van der Waals surface area contributed by atoms with Crippen molar-refractivity contribution in [2.45, 2.75) is 33.6 Å². The maximum absolute atomic E-state index is 12.4. The van der Waals surface area contributed by atoms with Gasteiger partial charge in [0.2, 0.25) is 0 Å². The summed E-state index contributed by atoms with van der Waals surface area (Å²) in [4.78, 5) is 28.2. The Morgan fingerprint density at radius 1 is 1.22 bits per heavy atom. The first-order valence-electron chi connectivity index (χ1n) is 7.83. The third-order valence-corrected chi connectivity index (χ3v) is 3.49. The minimum absolute atomic E-state index is 0.144. The zero-order chi connectivity index (χ0) is 16.8. The third-order valence-electron chi connectivity index (χ3n) is 3.49. The third kappa shape index (κ3) is 4.52. The van der Waals surface area contributed by atoms with Crippen molar-refractivity contribution in [3.63, 3.8) is 0 Å². The molecule has 0 aliphatic heterocycles. The first kappa shape index (κ1) is 16.9. The number of aryl methyl sites for hydroxylation is 2. The van der Waals surface area contributed by atoms with E-state index in [4.69, 9.17) is 4.74 Å². The summed E-state index contributed by atoms with van der Waals surface area (Å²) < 4.78 is 4.86. The lowest BCUT2D eigenvalue weighted by Gasteiger charge is -2.09. The van der Waals surface area contributed by atoms with E-state index in [0.29, 0.717) is 31.6 Å². The van der Waals surface area contributed by atoms with Crippen LogP contribution in [0.25, 0.3) is 10.9 Å². The summed E-state index contributed by atoms with van der Waals surface area (Å²) in [6, 6.07) is 7.67. The van der Waals surface area contributed by atoms with E-state index in [-0.39, 0.29) is 11.9 Å². The lowest BCUT2D eigenvalue weighted by Crippen LogP contribution is -2.25. The zero-order valence-electron chi connectivity index (χ0n) is 13.8. The molecule has 0 saturated heterocycles. The first-order chi connectivity index (χ1) is 11.0. The van der Waals surface area contributed by atoms with Crippen LogP contribution in [0.5, 0.6) is 0 Å². The Morgan fingerprint density at radius 3 is 2.74 bits per heavy atom. The molecule has 23 heavy (non-hydrogen) atoms. The van der Waals surface area contributed by atoms with E-state index in [1.165, 1.54) is 0 Å². The van der Waals surface area contributed by atoms with Gasteiger partial charge in [0.15, 0.2) is 0 Å². The molecule has 0 saturated carbocycles. The summed E-state index contributed by atoms with van der Waals surface area (Å²) >= 11 is 0. The SMILES string of the molecule is CCOC(=O)CCCNC(=O)c1cc(C)nc2ccc(C)cc12. The molecule has 2 aromatic rings. The molecule has 122 valence electrons. The lowest BCUT2D eigenvalue weighted by molar-refractivity contribution is -0.143. The molecule has 1 amide bonds. The Labute approximate surface area is 136 Å². The van der Waals surface area contributed by atoms with Crippen molar-refractivity contribution in [1.29, 1.82) is 0 Å². The Bertz CT molecular complexity index is 726. The average Bonchev–Trinajstić information content (AvgIpc) is 2.51. The van der Waals surface area contributed by atoms with Crippen LogP contribution >= 0.6 is 0 Å². The van der Waals surface area contributed by atoms with Crippen molar-refractivity contribution in [3.05, 3.63) is 41.1 Å². The van der Waals surface area contributed by atoms with Crippen LogP contribution in [0.2, 0.25) is 0 Å². The highest BCUT2D eigenvalue weighted by Crippen LogP contribution is 2.20. The molecule has 0 aliphatic carbocycles. The highest BCUT2D eigenvalue weighted by atomic mass is 16.5. The molecule has 0 atom stereocenters. The van der Waals surface area contributed by atoms with E-state index in [0.717, 1.165) is 22.2 Å². The van der Waals surface area contributed by atoms with E-state index < -0.39 is 0 Å². The van der Waals surface area contributed by atoms with E-state index >= 15 is 0 Å². The molecular formula is C18H22N2O3. The van der Waals surface area contributed by atoms with Crippen LogP contribution in [0, 0.1) is 13.8 Å². The topological polar surface area (TPSA) is 68.3 Å². The maximum atomic E-state index is 12.4. The summed E-state index contributed by atoms with van der Waals surface area (Å²) in [6.07, 6.45) is 0.870. The first-order valence-corrected chi connectivity index (χ1v) is 7.83. The monoisotopic (exact) mass is 314 g/mol. The Kier molecular flexibility index (Phi) is 5.68. The lowest BCUT2D eigenvalue weighted by atomic mass is 10.0. The molecule has 0 spiro atoms. The number of aromatic nitrogens is 1. The van der Waals surface area contributed by atoms with Gasteiger partial charge in [0.05, 0.1) is 17.7 Å². The molecular weight excluding hydrogens is 292 g/mol. The number of nitrogens with one attached hydrogen (secondary N) is 1. The minimum Gasteiger partial charge on any atom is -0.466 e. The quantitative estimate of drug-likeness (QED) is 0.657. The van der Waals surface area contributed by atoms with Crippen LogP contribution in [0.1, 0.15) is 41.4 Å². The van der Waals surface area contributed by atoms with Gasteiger partial charge in [-0.2, -0.15) is 0 Å². The zero-order valence-corrected chi connectivity index (χ0v) is 13.8. The van der Waals surface area contributed by atoms with E-state index in [1.807, 2.05) is 32.0 Å². The van der Waals surface area contributed by atoms with E-state index in [2.05, 4.69) is 10.3 Å². The number of hydrogen-bond acceptors (Lipinski definition) is 4. The summed E-state index contributed by atoms with van der Waals surface area (Å²) in [7, 11) is 0. The normalized spacial score (nSPS) is 10.6. The van der Waals surface area contributed by atoms with Gasteiger partial charge in [-0.25, -0.2) is 0 Å². The Hall–Kier alpha value is -2.43. The number of pyridine rings is 1. The number of hydrogen-bond donors (Lipinski definition) is 1. The van der Waals surface area contributed by atoms with Crippen LogP contribution in [0.3, 0.4) is 0 Å². The Balaban J connectivity index is 2.06. The molecule has 1 heterocycles. The van der Waals surface area contributed by atoms with Crippen molar-refractivity contribution in [1.82, 2.24) is 10.3 Å². The van der Waals surface area contributed by atoms with Gasteiger partial charge in [-0.1, -0.05) is 11.6 Å². The van der Waals surface area contributed by atoms with Gasteiger partial charge in [-0.3, -0.25) is 14.6 Å². The molecule has 1 N–H and O–H groups in total. The number of fused-ring (bicyclic) bond motifs is 1. The number of carbonyl (C=O) groups is 2. The second-order valence-electron chi connectivity index (χ2n) is 5.50. The molecule has 5 nitrogen and oxygen atoms in total. The van der Waals surface area contributed by atoms with Gasteiger partial charge in [0, 0.05) is 24.0 Å². The van der Waals surface area contributed by atoms with Crippen molar-refractivity contribution < 1.29 is 14.3 Å². The van der Waals surface area contributed by atoms with Crippen LogP contribution in [-0.4, -0.2) is 30.0 Å². The number of rotatable bonds is 6. The largest absolute Gasteiger partial charge is 0.466 e. The van der Waals surface area contributed by atoms with Gasteiger partial charge < -0.3 is 10.1 Å². The molecule has 0 aliphatic rings. The van der Waals surface area contributed by atoms with Gasteiger partial charge in [-0.05, 0) is 45.4 Å². The predicted molar refractivity (Wildman–Crippen MR) is 89.4 cm³/mol. The number of nitrogens with zero attached hydrogens (tertiary/aromatic N) is 1. The summed E-state index contributed by atoms with van der Waals surface area (Å²) in [5.41, 5.74) is 3.32. The Morgan fingerprint density at radius 2 is 2.00 bits per heavy atom. The fraction of sp³-hybridized carbons (Fsp3) is 0.389. The molecule has 5 heteroatoms. The molecule has 0 radical (unpaired) electrons. The number of benzene rings is 1. The highest BCUT2D eigenvalue weighted by Gasteiger charge is 2.12. The standard InChI is InChI=1S/C18H22N2O3/c1-4-23-17(21)6-5-9-19-18(22)15-11-13(3)20-16-8-7-12(2)10-14(15)16/h7-8,10-11H,4-6,9H2,1-3H3,(H,19,22). The number of esters is 1. The molecule has 0 fully saturated rings. The molecule has 2 rings (SSSR count). The smallest absolute Gasteiger partial charge is 0.305 e. The second-order valence-corrected chi connectivity index (χ2v) is 5.50.